The van der Waals surface area contributed by atoms with Gasteiger partial charge in [-0.2, -0.15) is 0 Å². The molecule has 1 fully saturated rings. The molecule has 0 saturated carbocycles. The van der Waals surface area contributed by atoms with Crippen LogP contribution in [0.25, 0.3) is 0 Å². The van der Waals surface area contributed by atoms with Crippen LogP contribution in [0.15, 0.2) is 28.7 Å². The van der Waals surface area contributed by atoms with E-state index in [0.717, 1.165) is 4.47 Å². The number of amides is 2. The molecule has 1 aromatic rings. The highest BCUT2D eigenvalue weighted by atomic mass is 79.9. The third kappa shape index (κ3) is 3.59. The van der Waals surface area contributed by atoms with Crippen molar-refractivity contribution in [3.8, 4) is 0 Å². The van der Waals surface area contributed by atoms with Crippen LogP contribution in [-0.2, 0) is 9.59 Å². The van der Waals surface area contributed by atoms with Crippen LogP contribution in [0.5, 0.6) is 0 Å². The molecule has 0 radical (unpaired) electrons. The molecule has 4 nitrogen and oxygen atoms in total. The number of halogens is 1. The van der Waals surface area contributed by atoms with Gasteiger partial charge in [0.25, 0.3) is 0 Å². The number of benzene rings is 1. The standard InChI is InChI=1S/C13H13BrN2O2S2/c1-2-10-12(18)16(13(19)20-10)7-11(17)15-9-5-3-8(14)4-6-9/h3-6,10H,2,7H2,1H3,(H,15,17). The van der Waals surface area contributed by atoms with E-state index < -0.39 is 0 Å². The number of nitrogens with one attached hydrogen (secondary N) is 1. The van der Waals surface area contributed by atoms with E-state index in [4.69, 9.17) is 12.2 Å². The van der Waals surface area contributed by atoms with E-state index >= 15 is 0 Å². The van der Waals surface area contributed by atoms with Crippen LogP contribution in [0, 0.1) is 0 Å². The molecular weight excluding hydrogens is 360 g/mol. The number of rotatable bonds is 4. The van der Waals surface area contributed by atoms with Gasteiger partial charge in [0.1, 0.15) is 10.9 Å². The van der Waals surface area contributed by atoms with Crippen LogP contribution in [0.2, 0.25) is 0 Å². The molecule has 7 heteroatoms. The maximum atomic E-state index is 12.0. The van der Waals surface area contributed by atoms with E-state index in [-0.39, 0.29) is 23.6 Å². The molecule has 0 aromatic heterocycles. The quantitative estimate of drug-likeness (QED) is 0.825. The van der Waals surface area contributed by atoms with Crippen LogP contribution in [0.4, 0.5) is 5.69 Å². The topological polar surface area (TPSA) is 49.4 Å². The molecule has 1 aliphatic heterocycles. The van der Waals surface area contributed by atoms with E-state index in [9.17, 15) is 9.59 Å². The molecule has 1 aliphatic rings. The van der Waals surface area contributed by atoms with Crippen molar-refractivity contribution < 1.29 is 9.59 Å². The number of thiocarbonyl (C=S) groups is 1. The van der Waals surface area contributed by atoms with Crippen molar-refractivity contribution in [3.05, 3.63) is 28.7 Å². The Morgan fingerprint density at radius 2 is 2.10 bits per heavy atom. The molecule has 106 valence electrons. The van der Waals surface area contributed by atoms with Crippen LogP contribution in [-0.4, -0.2) is 32.8 Å². The summed E-state index contributed by atoms with van der Waals surface area (Å²) in [5.41, 5.74) is 0.690. The summed E-state index contributed by atoms with van der Waals surface area (Å²) in [4.78, 5) is 25.3. The molecule has 2 rings (SSSR count). The molecule has 1 saturated heterocycles. The second-order valence-corrected chi connectivity index (χ2v) is 7.01. The van der Waals surface area contributed by atoms with Gasteiger partial charge in [-0.15, -0.1) is 0 Å². The Labute approximate surface area is 135 Å². The maximum Gasteiger partial charge on any atom is 0.244 e. The van der Waals surface area contributed by atoms with Gasteiger partial charge >= 0.3 is 0 Å². The summed E-state index contributed by atoms with van der Waals surface area (Å²) >= 11 is 9.82. The molecule has 1 N–H and O–H groups in total. The lowest BCUT2D eigenvalue weighted by Gasteiger charge is -2.15. The Morgan fingerprint density at radius 3 is 2.65 bits per heavy atom. The monoisotopic (exact) mass is 372 g/mol. The largest absolute Gasteiger partial charge is 0.325 e. The summed E-state index contributed by atoms with van der Waals surface area (Å²) in [6, 6.07) is 7.25. The number of hydrogen-bond acceptors (Lipinski definition) is 4. The van der Waals surface area contributed by atoms with Crippen molar-refractivity contribution in [1.82, 2.24) is 4.90 Å². The van der Waals surface area contributed by atoms with Gasteiger partial charge in [-0.3, -0.25) is 14.5 Å². The SMILES string of the molecule is CCC1SC(=S)N(CC(=O)Nc2ccc(Br)cc2)C1=O. The smallest absolute Gasteiger partial charge is 0.244 e. The highest BCUT2D eigenvalue weighted by Gasteiger charge is 2.36. The fourth-order valence-electron chi connectivity index (χ4n) is 1.78. The molecule has 1 unspecified atom stereocenters. The van der Waals surface area contributed by atoms with Crippen molar-refractivity contribution >= 4 is 61.7 Å². The molecule has 2 amide bonds. The normalized spacial score (nSPS) is 18.5. The predicted molar refractivity (Wildman–Crippen MR) is 88.8 cm³/mol. The van der Waals surface area contributed by atoms with E-state index in [1.807, 2.05) is 19.1 Å². The van der Waals surface area contributed by atoms with Gasteiger partial charge in [0.05, 0.1) is 5.25 Å². The first-order chi connectivity index (χ1) is 9.51. The van der Waals surface area contributed by atoms with Crippen molar-refractivity contribution in [3.63, 3.8) is 0 Å². The summed E-state index contributed by atoms with van der Waals surface area (Å²) in [7, 11) is 0. The third-order valence-corrected chi connectivity index (χ3v) is 5.08. The summed E-state index contributed by atoms with van der Waals surface area (Å²) in [6.45, 7) is 1.90. The number of carbonyl (C=O) groups is 2. The minimum atomic E-state index is -0.250. The Morgan fingerprint density at radius 1 is 1.45 bits per heavy atom. The van der Waals surface area contributed by atoms with E-state index in [0.29, 0.717) is 16.4 Å². The van der Waals surface area contributed by atoms with Crippen LogP contribution < -0.4 is 5.32 Å². The van der Waals surface area contributed by atoms with Crippen molar-refractivity contribution in [2.24, 2.45) is 0 Å². The summed E-state index contributed by atoms with van der Waals surface area (Å²) in [5.74, 6) is -0.325. The van der Waals surface area contributed by atoms with Gasteiger partial charge in [-0.05, 0) is 30.7 Å². The second-order valence-electron chi connectivity index (χ2n) is 4.26. The fourth-order valence-corrected chi connectivity index (χ4v) is 3.46. The zero-order chi connectivity index (χ0) is 14.7. The second kappa shape index (κ2) is 6.69. The fraction of sp³-hybridized carbons (Fsp3) is 0.308. The first-order valence-electron chi connectivity index (χ1n) is 6.08. The van der Waals surface area contributed by atoms with Crippen LogP contribution in [0.3, 0.4) is 0 Å². The number of carbonyl (C=O) groups excluding carboxylic acids is 2. The molecular formula is C13H13BrN2O2S2. The third-order valence-electron chi connectivity index (χ3n) is 2.81. The molecule has 20 heavy (non-hydrogen) atoms. The van der Waals surface area contributed by atoms with Gasteiger partial charge in [0.2, 0.25) is 11.8 Å². The molecule has 0 spiro atoms. The first-order valence-corrected chi connectivity index (χ1v) is 8.16. The number of thioether (sulfide) groups is 1. The number of nitrogens with zero attached hydrogens (tertiary/aromatic N) is 1. The Balaban J connectivity index is 1.96. The maximum absolute atomic E-state index is 12.0. The van der Waals surface area contributed by atoms with Gasteiger partial charge < -0.3 is 5.32 Å². The number of anilines is 1. The Bertz CT molecular complexity index is 548. The van der Waals surface area contributed by atoms with E-state index in [1.54, 1.807) is 12.1 Å². The average molecular weight is 373 g/mol. The van der Waals surface area contributed by atoms with E-state index in [2.05, 4.69) is 21.2 Å². The Kier molecular flexibility index (Phi) is 5.17. The van der Waals surface area contributed by atoms with Crippen molar-refractivity contribution in [1.29, 1.82) is 0 Å². The molecule has 1 aromatic carbocycles. The van der Waals surface area contributed by atoms with Crippen molar-refractivity contribution in [2.75, 3.05) is 11.9 Å². The molecule has 0 bridgehead atoms. The molecule has 1 atom stereocenters. The Hall–Kier alpha value is -0.920. The summed E-state index contributed by atoms with van der Waals surface area (Å²) < 4.78 is 1.42. The summed E-state index contributed by atoms with van der Waals surface area (Å²) in [6.07, 6.45) is 0.717. The molecule has 0 aliphatic carbocycles. The minimum Gasteiger partial charge on any atom is -0.325 e. The van der Waals surface area contributed by atoms with Crippen LogP contribution >= 0.6 is 39.9 Å². The lowest BCUT2D eigenvalue weighted by atomic mass is 10.3. The highest BCUT2D eigenvalue weighted by molar-refractivity contribution is 9.10. The average Bonchev–Trinajstić information content (AvgIpc) is 2.69. The lowest BCUT2D eigenvalue weighted by molar-refractivity contribution is -0.129. The van der Waals surface area contributed by atoms with Gasteiger partial charge in [-0.25, -0.2) is 0 Å². The zero-order valence-corrected chi connectivity index (χ0v) is 14.0. The summed E-state index contributed by atoms with van der Waals surface area (Å²) in [5, 5.41) is 2.60. The molecule has 1 heterocycles. The van der Waals surface area contributed by atoms with E-state index in [1.165, 1.54) is 16.7 Å². The number of hydrogen-bond donors (Lipinski definition) is 1. The van der Waals surface area contributed by atoms with Gasteiger partial charge in [-0.1, -0.05) is 46.8 Å². The highest BCUT2D eigenvalue weighted by Crippen LogP contribution is 2.29. The lowest BCUT2D eigenvalue weighted by Crippen LogP contribution is -2.38. The van der Waals surface area contributed by atoms with Gasteiger partial charge in [0.15, 0.2) is 0 Å². The predicted octanol–water partition coefficient (Wildman–Crippen LogP) is 3.03. The van der Waals surface area contributed by atoms with Crippen LogP contribution in [0.1, 0.15) is 13.3 Å². The first kappa shape index (κ1) is 15.5. The minimum absolute atomic E-state index is 0.0305. The van der Waals surface area contributed by atoms with Gasteiger partial charge in [0, 0.05) is 10.2 Å². The zero-order valence-electron chi connectivity index (χ0n) is 10.8. The van der Waals surface area contributed by atoms with Crippen molar-refractivity contribution in [2.45, 2.75) is 18.6 Å².